The van der Waals surface area contributed by atoms with Crippen LogP contribution in [0, 0.1) is 5.92 Å². The van der Waals surface area contributed by atoms with E-state index in [1.165, 1.54) is 0 Å². The fourth-order valence-electron chi connectivity index (χ4n) is 2.42. The van der Waals surface area contributed by atoms with Crippen molar-refractivity contribution in [3.63, 3.8) is 0 Å². The van der Waals surface area contributed by atoms with Gasteiger partial charge in [0, 0.05) is 25.6 Å². The van der Waals surface area contributed by atoms with E-state index in [1.54, 1.807) is 0 Å². The van der Waals surface area contributed by atoms with Crippen molar-refractivity contribution in [2.45, 2.75) is 18.9 Å². The van der Waals surface area contributed by atoms with Gasteiger partial charge in [-0.2, -0.15) is 0 Å². The molecule has 1 aliphatic rings. The van der Waals surface area contributed by atoms with Gasteiger partial charge in [0.2, 0.25) is 0 Å². The number of amides is 2. The molecule has 1 aromatic rings. The van der Waals surface area contributed by atoms with Crippen LogP contribution in [0.2, 0.25) is 0 Å². The van der Waals surface area contributed by atoms with Gasteiger partial charge in [-0.25, -0.2) is 4.79 Å². The van der Waals surface area contributed by atoms with Gasteiger partial charge in [0.05, 0.1) is 12.5 Å². The number of urea groups is 1. The number of hydrogen-bond donors (Lipinski definition) is 3. The average Bonchev–Trinajstić information content (AvgIpc) is 2.94. The molecule has 1 heterocycles. The molecule has 21 heavy (non-hydrogen) atoms. The number of aliphatic carboxylic acids is 1. The maximum absolute atomic E-state index is 11.6. The van der Waals surface area contributed by atoms with Crippen LogP contribution in [-0.4, -0.2) is 36.8 Å². The first-order chi connectivity index (χ1) is 10.2. The molecule has 0 aromatic heterocycles. The molecule has 0 bridgehead atoms. The van der Waals surface area contributed by atoms with Gasteiger partial charge in [-0.1, -0.05) is 30.3 Å². The van der Waals surface area contributed by atoms with Crippen LogP contribution < -0.4 is 10.6 Å². The van der Waals surface area contributed by atoms with E-state index in [1.807, 2.05) is 30.3 Å². The Morgan fingerprint density at radius 3 is 2.71 bits per heavy atom. The van der Waals surface area contributed by atoms with Gasteiger partial charge in [0.15, 0.2) is 0 Å². The Bertz CT molecular complexity index is 478. The summed E-state index contributed by atoms with van der Waals surface area (Å²) in [7, 11) is 0. The second-order valence-corrected chi connectivity index (χ2v) is 5.03. The summed E-state index contributed by atoms with van der Waals surface area (Å²) in [5.41, 5.74) is 1.12. The van der Waals surface area contributed by atoms with E-state index in [2.05, 4.69) is 10.6 Å². The van der Waals surface area contributed by atoms with Gasteiger partial charge in [-0.3, -0.25) is 4.79 Å². The Morgan fingerprint density at radius 2 is 2.00 bits per heavy atom. The van der Waals surface area contributed by atoms with Crippen molar-refractivity contribution >= 4 is 12.0 Å². The smallest absolute Gasteiger partial charge is 0.314 e. The Hall–Kier alpha value is -2.08. The maximum atomic E-state index is 11.6. The molecule has 0 aliphatic carbocycles. The Balaban J connectivity index is 1.77. The summed E-state index contributed by atoms with van der Waals surface area (Å²) in [4.78, 5) is 21.9. The van der Waals surface area contributed by atoms with Crippen molar-refractivity contribution in [3.8, 4) is 0 Å². The van der Waals surface area contributed by atoms with Crippen LogP contribution >= 0.6 is 0 Å². The molecule has 2 amide bonds. The van der Waals surface area contributed by atoms with Crippen LogP contribution in [0.1, 0.15) is 24.5 Å². The number of ether oxygens (including phenoxy) is 1. The van der Waals surface area contributed by atoms with Crippen LogP contribution in [0.3, 0.4) is 0 Å². The van der Waals surface area contributed by atoms with Crippen molar-refractivity contribution in [1.82, 2.24) is 10.6 Å². The van der Waals surface area contributed by atoms with Crippen LogP contribution in [0.25, 0.3) is 0 Å². The first-order valence-corrected chi connectivity index (χ1v) is 7.07. The van der Waals surface area contributed by atoms with Gasteiger partial charge in [0.1, 0.15) is 0 Å². The quantitative estimate of drug-likeness (QED) is 0.742. The summed E-state index contributed by atoms with van der Waals surface area (Å²) in [6, 6.07) is 9.61. The molecule has 2 atom stereocenters. The zero-order valence-electron chi connectivity index (χ0n) is 11.7. The number of carboxylic acids is 1. The Kier molecular flexibility index (Phi) is 5.57. The number of benzene rings is 1. The van der Waals surface area contributed by atoms with Gasteiger partial charge in [-0.15, -0.1) is 0 Å². The van der Waals surface area contributed by atoms with E-state index < -0.39 is 5.97 Å². The highest BCUT2D eigenvalue weighted by atomic mass is 16.5. The monoisotopic (exact) mass is 292 g/mol. The first-order valence-electron chi connectivity index (χ1n) is 7.07. The molecule has 0 saturated carbocycles. The van der Waals surface area contributed by atoms with E-state index in [0.29, 0.717) is 13.2 Å². The molecule has 1 saturated heterocycles. The minimum atomic E-state index is -0.927. The van der Waals surface area contributed by atoms with E-state index in [0.717, 1.165) is 12.0 Å². The number of hydrogen-bond acceptors (Lipinski definition) is 3. The Labute approximate surface area is 123 Å². The van der Waals surface area contributed by atoms with E-state index in [4.69, 9.17) is 9.84 Å². The van der Waals surface area contributed by atoms with Crippen LogP contribution in [-0.2, 0) is 9.53 Å². The topological polar surface area (TPSA) is 87.7 Å². The summed E-state index contributed by atoms with van der Waals surface area (Å²) in [6.07, 6.45) is 0.826. The second kappa shape index (κ2) is 7.64. The van der Waals surface area contributed by atoms with Crippen LogP contribution in [0.15, 0.2) is 30.3 Å². The largest absolute Gasteiger partial charge is 0.481 e. The van der Waals surface area contributed by atoms with E-state index >= 15 is 0 Å². The van der Waals surface area contributed by atoms with Crippen LogP contribution in [0.5, 0.6) is 0 Å². The lowest BCUT2D eigenvalue weighted by Gasteiger charge is -2.19. The molecule has 1 aliphatic heterocycles. The molecule has 0 spiro atoms. The number of carboxylic acid groups (broad SMARTS) is 1. The SMILES string of the molecule is O=C(O)CCNC(=O)NCC1CCOC1c1ccccc1. The summed E-state index contributed by atoms with van der Waals surface area (Å²) in [5, 5.41) is 13.8. The lowest BCUT2D eigenvalue weighted by Crippen LogP contribution is -2.39. The highest BCUT2D eigenvalue weighted by Gasteiger charge is 2.29. The molecule has 1 aromatic carbocycles. The fourth-order valence-corrected chi connectivity index (χ4v) is 2.42. The van der Waals surface area contributed by atoms with Gasteiger partial charge in [0.25, 0.3) is 0 Å². The van der Waals surface area contributed by atoms with Crippen molar-refractivity contribution in [1.29, 1.82) is 0 Å². The molecule has 114 valence electrons. The number of carbonyl (C=O) groups excluding carboxylic acids is 1. The Morgan fingerprint density at radius 1 is 1.24 bits per heavy atom. The van der Waals surface area contributed by atoms with Crippen molar-refractivity contribution in [2.75, 3.05) is 19.7 Å². The molecular formula is C15H20N2O4. The number of carbonyl (C=O) groups is 2. The van der Waals surface area contributed by atoms with Gasteiger partial charge in [-0.05, 0) is 12.0 Å². The second-order valence-electron chi connectivity index (χ2n) is 5.03. The normalized spacial score (nSPS) is 21.0. The summed E-state index contributed by atoms with van der Waals surface area (Å²) >= 11 is 0. The minimum absolute atomic E-state index is 0.00511. The first kappa shape index (κ1) is 15.3. The zero-order chi connectivity index (χ0) is 15.1. The summed E-state index contributed by atoms with van der Waals surface area (Å²) in [6.45, 7) is 1.33. The highest BCUT2D eigenvalue weighted by molar-refractivity contribution is 5.74. The third-order valence-electron chi connectivity index (χ3n) is 3.49. The third kappa shape index (κ3) is 4.75. The number of nitrogens with one attached hydrogen (secondary N) is 2. The highest BCUT2D eigenvalue weighted by Crippen LogP contribution is 2.33. The van der Waals surface area contributed by atoms with Crippen LogP contribution in [0.4, 0.5) is 4.79 Å². The lowest BCUT2D eigenvalue weighted by molar-refractivity contribution is -0.136. The molecule has 0 radical (unpaired) electrons. The number of rotatable bonds is 6. The lowest BCUT2D eigenvalue weighted by atomic mass is 9.95. The molecule has 1 fully saturated rings. The minimum Gasteiger partial charge on any atom is -0.481 e. The summed E-state index contributed by atoms with van der Waals surface area (Å²) < 4.78 is 5.75. The van der Waals surface area contributed by atoms with Crippen molar-refractivity contribution in [2.24, 2.45) is 5.92 Å². The van der Waals surface area contributed by atoms with E-state index in [-0.39, 0.29) is 31.0 Å². The molecule has 6 nitrogen and oxygen atoms in total. The average molecular weight is 292 g/mol. The van der Waals surface area contributed by atoms with Crippen molar-refractivity contribution < 1.29 is 19.4 Å². The van der Waals surface area contributed by atoms with Gasteiger partial charge >= 0.3 is 12.0 Å². The van der Waals surface area contributed by atoms with Crippen molar-refractivity contribution in [3.05, 3.63) is 35.9 Å². The zero-order valence-corrected chi connectivity index (χ0v) is 11.7. The standard InChI is InChI=1S/C15H20N2O4/c18-13(19)6-8-16-15(20)17-10-12-7-9-21-14(12)11-4-2-1-3-5-11/h1-5,12,14H,6-10H2,(H,18,19)(H2,16,17,20). The van der Waals surface area contributed by atoms with Gasteiger partial charge < -0.3 is 20.5 Å². The molecule has 6 heteroatoms. The molecule has 2 rings (SSSR count). The fraction of sp³-hybridized carbons (Fsp3) is 0.467. The molecular weight excluding hydrogens is 272 g/mol. The van der Waals surface area contributed by atoms with E-state index in [9.17, 15) is 9.59 Å². The maximum Gasteiger partial charge on any atom is 0.314 e. The summed E-state index contributed by atoms with van der Waals surface area (Å²) in [5.74, 6) is -0.693. The predicted octanol–water partition coefficient (Wildman–Crippen LogP) is 1.54. The predicted molar refractivity (Wildman–Crippen MR) is 76.9 cm³/mol. The third-order valence-corrected chi connectivity index (χ3v) is 3.49. The molecule has 3 N–H and O–H groups in total. The molecule has 2 unspecified atom stereocenters.